The Labute approximate surface area is 123 Å². The first-order valence-corrected chi connectivity index (χ1v) is 8.73. The second kappa shape index (κ2) is 6.17. The van der Waals surface area contributed by atoms with E-state index in [2.05, 4.69) is 0 Å². The fraction of sp³-hybridized carbons (Fsp3) is 0.385. The normalized spacial score (nSPS) is 23.1. The van der Waals surface area contributed by atoms with Crippen LogP contribution in [0.4, 0.5) is 0 Å². The molecule has 2 unspecified atom stereocenters. The fourth-order valence-corrected chi connectivity index (χ4v) is 5.29. The van der Waals surface area contributed by atoms with Crippen molar-refractivity contribution in [1.29, 1.82) is 0 Å². The highest BCUT2D eigenvalue weighted by atomic mass is 32.3. The number of hydrogen-bond acceptors (Lipinski definition) is 5. The van der Waals surface area contributed by atoms with Crippen molar-refractivity contribution in [2.75, 3.05) is 6.54 Å². The summed E-state index contributed by atoms with van der Waals surface area (Å²) < 4.78 is 25.6. The highest BCUT2D eigenvalue weighted by Gasteiger charge is 2.41. The molecule has 0 saturated heterocycles. The van der Waals surface area contributed by atoms with E-state index in [0.29, 0.717) is 13.1 Å². The third kappa shape index (κ3) is 3.01. The number of nitrogens with zero attached hydrogens (tertiary/aromatic N) is 1. The zero-order valence-electron chi connectivity index (χ0n) is 11.1. The van der Waals surface area contributed by atoms with E-state index < -0.39 is 20.7 Å². The Morgan fingerprint density at radius 1 is 1.35 bits per heavy atom. The topological polar surface area (TPSA) is 83.6 Å². The lowest BCUT2D eigenvalue weighted by Gasteiger charge is -2.25. The molecule has 0 saturated carbocycles. The van der Waals surface area contributed by atoms with Gasteiger partial charge in [0.15, 0.2) is 4.58 Å². The van der Waals surface area contributed by atoms with Crippen LogP contribution in [0.3, 0.4) is 0 Å². The number of rotatable bonds is 5. The molecular formula is C13H18N2O3S2. The Morgan fingerprint density at radius 3 is 2.50 bits per heavy atom. The van der Waals surface area contributed by atoms with Gasteiger partial charge in [0, 0.05) is 18.8 Å². The van der Waals surface area contributed by atoms with Gasteiger partial charge in [-0.2, -0.15) is 4.31 Å². The quantitative estimate of drug-likeness (QED) is 0.849. The molecule has 0 radical (unpaired) electrons. The number of thioether (sulfide) groups is 1. The highest BCUT2D eigenvalue weighted by Crippen LogP contribution is 2.34. The average molecular weight is 314 g/mol. The van der Waals surface area contributed by atoms with E-state index in [9.17, 15) is 13.5 Å². The van der Waals surface area contributed by atoms with Crippen molar-refractivity contribution in [3.8, 4) is 0 Å². The number of nitrogens with two attached hydrogens (primary N) is 1. The zero-order valence-corrected chi connectivity index (χ0v) is 12.8. The minimum Gasteiger partial charge on any atom is -0.399 e. The summed E-state index contributed by atoms with van der Waals surface area (Å²) in [6.07, 6.45) is -1.14. The van der Waals surface area contributed by atoms with Crippen molar-refractivity contribution in [2.45, 2.75) is 24.2 Å². The number of benzene rings is 1. The predicted octanol–water partition coefficient (Wildman–Crippen LogP) is 1.07. The first kappa shape index (κ1) is 15.4. The van der Waals surface area contributed by atoms with Crippen LogP contribution in [-0.4, -0.2) is 35.1 Å². The molecular weight excluding hydrogens is 296 g/mol. The van der Waals surface area contributed by atoms with Gasteiger partial charge in [-0.05, 0) is 11.0 Å². The molecule has 1 aliphatic rings. The molecule has 20 heavy (non-hydrogen) atoms. The molecule has 1 aliphatic heterocycles. The van der Waals surface area contributed by atoms with Gasteiger partial charge in [-0.25, -0.2) is 8.42 Å². The van der Waals surface area contributed by atoms with Crippen molar-refractivity contribution < 1.29 is 13.5 Å². The fourth-order valence-electron chi connectivity index (χ4n) is 2.00. The Morgan fingerprint density at radius 2 is 2.00 bits per heavy atom. The van der Waals surface area contributed by atoms with Gasteiger partial charge in [-0.3, -0.25) is 0 Å². The molecule has 0 spiro atoms. The van der Waals surface area contributed by atoms with Gasteiger partial charge in [-0.15, -0.1) is 11.8 Å². The van der Waals surface area contributed by atoms with Gasteiger partial charge < -0.3 is 10.8 Å². The van der Waals surface area contributed by atoms with Gasteiger partial charge in [-0.1, -0.05) is 37.3 Å². The van der Waals surface area contributed by atoms with Crippen LogP contribution >= 0.6 is 11.8 Å². The molecule has 2 rings (SSSR count). The van der Waals surface area contributed by atoms with Crippen molar-refractivity contribution in [3.63, 3.8) is 0 Å². The third-order valence-corrected chi connectivity index (χ3v) is 7.09. The molecule has 2 atom stereocenters. The lowest BCUT2D eigenvalue weighted by molar-refractivity contribution is 0.224. The van der Waals surface area contributed by atoms with Crippen LogP contribution in [0.15, 0.2) is 41.4 Å². The van der Waals surface area contributed by atoms with Crippen LogP contribution in [0.5, 0.6) is 0 Å². The van der Waals surface area contributed by atoms with E-state index in [1.54, 1.807) is 6.92 Å². The summed E-state index contributed by atoms with van der Waals surface area (Å²) in [6, 6.07) is 9.38. The lowest BCUT2D eigenvalue weighted by Crippen LogP contribution is -2.42. The molecule has 3 N–H and O–H groups in total. The molecule has 0 amide bonds. The highest BCUT2D eigenvalue weighted by molar-refractivity contribution is 8.14. The van der Waals surface area contributed by atoms with Crippen LogP contribution in [0, 0.1) is 0 Å². The molecule has 0 fully saturated rings. The smallest absolute Gasteiger partial charge is 0.230 e. The van der Waals surface area contributed by atoms with E-state index in [-0.39, 0.29) is 5.70 Å². The standard InChI is InChI=1S/C13H18N2O3S2/c1-2-15(8-10-6-4-3-5-7-10)20(17,18)13-12(16)11(14)9-19-13/h3-7,9,12-13,16H,2,8,14H2,1H3. The average Bonchev–Trinajstić information content (AvgIpc) is 2.78. The molecule has 0 aromatic heterocycles. The van der Waals surface area contributed by atoms with Gasteiger partial charge >= 0.3 is 0 Å². The largest absolute Gasteiger partial charge is 0.399 e. The van der Waals surface area contributed by atoms with Crippen LogP contribution in [0.2, 0.25) is 0 Å². The number of aliphatic hydroxyl groups is 1. The van der Waals surface area contributed by atoms with Crippen molar-refractivity contribution >= 4 is 21.8 Å². The Balaban J connectivity index is 2.19. The van der Waals surface area contributed by atoms with Gasteiger partial charge in [0.05, 0.1) is 0 Å². The maximum Gasteiger partial charge on any atom is 0.230 e. The van der Waals surface area contributed by atoms with Gasteiger partial charge in [0.2, 0.25) is 10.0 Å². The molecule has 1 aromatic rings. The molecule has 7 heteroatoms. The van der Waals surface area contributed by atoms with Gasteiger partial charge in [0.1, 0.15) is 6.10 Å². The Bertz CT molecular complexity index is 587. The summed E-state index contributed by atoms with van der Waals surface area (Å²) in [5.74, 6) is 0. The van der Waals surface area contributed by atoms with Gasteiger partial charge in [0.25, 0.3) is 0 Å². The van der Waals surface area contributed by atoms with Crippen LogP contribution < -0.4 is 5.73 Å². The molecule has 0 aliphatic carbocycles. The monoisotopic (exact) mass is 314 g/mol. The lowest BCUT2D eigenvalue weighted by atomic mass is 10.2. The van der Waals surface area contributed by atoms with E-state index in [0.717, 1.165) is 17.3 Å². The van der Waals surface area contributed by atoms with Crippen molar-refractivity contribution in [3.05, 3.63) is 47.0 Å². The zero-order chi connectivity index (χ0) is 14.8. The SMILES string of the molecule is CCN(Cc1ccccc1)S(=O)(=O)C1SC=C(N)C1O. The molecule has 5 nitrogen and oxygen atoms in total. The maximum absolute atomic E-state index is 12.6. The first-order chi connectivity index (χ1) is 9.46. The summed E-state index contributed by atoms with van der Waals surface area (Å²) in [4.78, 5) is 0. The molecule has 110 valence electrons. The summed E-state index contributed by atoms with van der Waals surface area (Å²) >= 11 is 1.05. The number of aliphatic hydroxyl groups excluding tert-OH is 1. The Kier molecular flexibility index (Phi) is 4.74. The van der Waals surface area contributed by atoms with E-state index in [1.165, 1.54) is 9.71 Å². The summed E-state index contributed by atoms with van der Waals surface area (Å²) in [5.41, 5.74) is 6.69. The second-order valence-electron chi connectivity index (χ2n) is 4.52. The summed E-state index contributed by atoms with van der Waals surface area (Å²) in [5, 5.41) is 11.4. The van der Waals surface area contributed by atoms with E-state index in [1.807, 2.05) is 30.3 Å². The van der Waals surface area contributed by atoms with E-state index in [4.69, 9.17) is 5.73 Å². The Hall–Kier alpha value is -1.02. The van der Waals surface area contributed by atoms with Crippen LogP contribution in [0.1, 0.15) is 12.5 Å². The molecule has 1 aromatic carbocycles. The van der Waals surface area contributed by atoms with E-state index >= 15 is 0 Å². The minimum atomic E-state index is -3.62. The number of hydrogen-bond donors (Lipinski definition) is 2. The summed E-state index contributed by atoms with van der Waals surface area (Å²) in [7, 11) is -3.62. The minimum absolute atomic E-state index is 0.208. The predicted molar refractivity (Wildman–Crippen MR) is 81.1 cm³/mol. The second-order valence-corrected chi connectivity index (χ2v) is 7.89. The maximum atomic E-state index is 12.6. The molecule has 0 bridgehead atoms. The van der Waals surface area contributed by atoms with Crippen LogP contribution in [-0.2, 0) is 16.6 Å². The number of sulfonamides is 1. The van der Waals surface area contributed by atoms with Crippen molar-refractivity contribution in [1.82, 2.24) is 4.31 Å². The first-order valence-electron chi connectivity index (χ1n) is 6.28. The summed E-state index contributed by atoms with van der Waals surface area (Å²) in [6.45, 7) is 2.42. The van der Waals surface area contributed by atoms with Crippen LogP contribution in [0.25, 0.3) is 0 Å². The molecule has 1 heterocycles. The van der Waals surface area contributed by atoms with Crippen molar-refractivity contribution in [2.24, 2.45) is 5.73 Å². The third-order valence-electron chi connectivity index (χ3n) is 3.15.